The summed E-state index contributed by atoms with van der Waals surface area (Å²) in [5.74, 6) is 0. The molecule has 0 radical (unpaired) electrons. The van der Waals surface area contributed by atoms with Crippen LogP contribution in [0, 0.1) is 0 Å². The highest BCUT2D eigenvalue weighted by atomic mass is 14.6. The van der Waals surface area contributed by atoms with Gasteiger partial charge in [-0.3, -0.25) is 4.99 Å². The van der Waals surface area contributed by atoms with Crippen LogP contribution in [-0.2, 0) is 0 Å². The van der Waals surface area contributed by atoms with Gasteiger partial charge in [-0.2, -0.15) is 0 Å². The van der Waals surface area contributed by atoms with Crippen molar-refractivity contribution < 1.29 is 0 Å². The zero-order valence-electron chi connectivity index (χ0n) is 7.18. The standard InChI is InChI=1S/C9H15N/c1-5-8(3)9(6-2)7-10-4/h5-7H,1-4H3/b8-5+,9-6+,10-7?. The zero-order chi connectivity index (χ0) is 7.98. The Balaban J connectivity index is 4.39. The molecule has 0 aromatic heterocycles. The van der Waals surface area contributed by atoms with Crippen molar-refractivity contribution in [1.29, 1.82) is 0 Å². The van der Waals surface area contributed by atoms with Gasteiger partial charge in [-0.05, 0) is 31.9 Å². The number of hydrogen-bond donors (Lipinski definition) is 0. The highest BCUT2D eigenvalue weighted by Gasteiger charge is 1.90. The minimum atomic E-state index is 1.20. The summed E-state index contributed by atoms with van der Waals surface area (Å²) in [5.41, 5.74) is 2.47. The van der Waals surface area contributed by atoms with Crippen LogP contribution in [0.5, 0.6) is 0 Å². The van der Waals surface area contributed by atoms with Crippen LogP contribution in [0.2, 0.25) is 0 Å². The molecule has 0 N–H and O–H groups in total. The molecule has 0 aromatic carbocycles. The number of allylic oxidation sites excluding steroid dienone is 4. The summed E-state index contributed by atoms with van der Waals surface area (Å²) in [6, 6.07) is 0. The Morgan fingerprint density at radius 3 is 2.10 bits per heavy atom. The maximum absolute atomic E-state index is 3.94. The number of aliphatic imine (C=N–C) groups is 1. The Morgan fingerprint density at radius 1 is 1.20 bits per heavy atom. The van der Waals surface area contributed by atoms with Gasteiger partial charge in [-0.25, -0.2) is 0 Å². The van der Waals surface area contributed by atoms with Gasteiger partial charge in [0.2, 0.25) is 0 Å². The lowest BCUT2D eigenvalue weighted by atomic mass is 10.1. The van der Waals surface area contributed by atoms with Gasteiger partial charge in [-0.1, -0.05) is 12.2 Å². The fraction of sp³-hybridized carbons (Fsp3) is 0.444. The summed E-state index contributed by atoms with van der Waals surface area (Å²) in [5, 5.41) is 0. The summed E-state index contributed by atoms with van der Waals surface area (Å²) in [7, 11) is 1.78. The third kappa shape index (κ3) is 2.62. The quantitative estimate of drug-likeness (QED) is 0.410. The van der Waals surface area contributed by atoms with Gasteiger partial charge in [0.1, 0.15) is 0 Å². The van der Waals surface area contributed by atoms with Crippen LogP contribution >= 0.6 is 0 Å². The van der Waals surface area contributed by atoms with E-state index in [1.165, 1.54) is 11.1 Å². The minimum Gasteiger partial charge on any atom is -0.296 e. The highest BCUT2D eigenvalue weighted by molar-refractivity contribution is 5.83. The fourth-order valence-electron chi connectivity index (χ4n) is 0.710. The Kier molecular flexibility index (Phi) is 4.55. The van der Waals surface area contributed by atoms with Crippen LogP contribution in [0.25, 0.3) is 0 Å². The van der Waals surface area contributed by atoms with Crippen molar-refractivity contribution in [2.45, 2.75) is 20.8 Å². The molecule has 0 aliphatic rings. The molecule has 10 heavy (non-hydrogen) atoms. The predicted octanol–water partition coefficient (Wildman–Crippen LogP) is 2.60. The van der Waals surface area contributed by atoms with Crippen molar-refractivity contribution in [3.05, 3.63) is 23.3 Å². The normalized spacial score (nSPS) is 14.8. The number of rotatable bonds is 2. The zero-order valence-corrected chi connectivity index (χ0v) is 7.18. The molecule has 0 aliphatic heterocycles. The molecule has 0 atom stereocenters. The number of hydrogen-bond acceptors (Lipinski definition) is 1. The SMILES string of the molecule is C/C=C(C=NC)/C(C)=C/C. The predicted molar refractivity (Wildman–Crippen MR) is 47.6 cm³/mol. The lowest BCUT2D eigenvalue weighted by Gasteiger charge is -1.97. The summed E-state index contributed by atoms with van der Waals surface area (Å²) < 4.78 is 0. The maximum atomic E-state index is 3.94. The Labute approximate surface area is 63.2 Å². The molecule has 0 saturated carbocycles. The van der Waals surface area contributed by atoms with E-state index >= 15 is 0 Å². The molecule has 0 saturated heterocycles. The fourth-order valence-corrected chi connectivity index (χ4v) is 0.710. The second kappa shape index (κ2) is 4.98. The molecule has 0 heterocycles. The maximum Gasteiger partial charge on any atom is 0.0280 e. The van der Waals surface area contributed by atoms with Crippen LogP contribution in [-0.4, -0.2) is 13.3 Å². The molecule has 0 aromatic rings. The largest absolute Gasteiger partial charge is 0.296 e. The molecule has 0 unspecified atom stereocenters. The van der Waals surface area contributed by atoms with Crippen LogP contribution in [0.1, 0.15) is 20.8 Å². The molecule has 0 aliphatic carbocycles. The van der Waals surface area contributed by atoms with E-state index < -0.39 is 0 Å². The number of nitrogens with zero attached hydrogens (tertiary/aromatic N) is 1. The van der Waals surface area contributed by atoms with E-state index in [0.29, 0.717) is 0 Å². The van der Waals surface area contributed by atoms with E-state index in [1.54, 1.807) is 7.05 Å². The van der Waals surface area contributed by atoms with E-state index in [2.05, 4.69) is 24.1 Å². The Bertz CT molecular complexity index is 173. The lowest BCUT2D eigenvalue weighted by Crippen LogP contribution is -1.85. The highest BCUT2D eigenvalue weighted by Crippen LogP contribution is 2.05. The van der Waals surface area contributed by atoms with Crippen molar-refractivity contribution in [2.24, 2.45) is 4.99 Å². The molecule has 56 valence electrons. The monoisotopic (exact) mass is 137 g/mol. The Hall–Kier alpha value is -0.850. The minimum absolute atomic E-state index is 1.20. The van der Waals surface area contributed by atoms with E-state index in [-0.39, 0.29) is 0 Å². The van der Waals surface area contributed by atoms with Gasteiger partial charge >= 0.3 is 0 Å². The van der Waals surface area contributed by atoms with E-state index in [1.807, 2.05) is 20.1 Å². The van der Waals surface area contributed by atoms with E-state index in [0.717, 1.165) is 0 Å². The molecule has 1 heteroatoms. The van der Waals surface area contributed by atoms with Gasteiger partial charge in [-0.15, -0.1) is 0 Å². The molecule has 1 nitrogen and oxygen atoms in total. The molecule has 0 fully saturated rings. The summed E-state index contributed by atoms with van der Waals surface area (Å²) in [6.07, 6.45) is 6.01. The molecule has 0 rings (SSSR count). The van der Waals surface area contributed by atoms with Crippen molar-refractivity contribution in [1.82, 2.24) is 0 Å². The molecule has 0 bridgehead atoms. The van der Waals surface area contributed by atoms with Crippen LogP contribution in [0.15, 0.2) is 28.3 Å². The second-order valence-corrected chi connectivity index (χ2v) is 2.10. The smallest absolute Gasteiger partial charge is 0.0280 e. The summed E-state index contributed by atoms with van der Waals surface area (Å²) in [6.45, 7) is 6.13. The molecule has 0 amide bonds. The first kappa shape index (κ1) is 9.15. The lowest BCUT2D eigenvalue weighted by molar-refractivity contribution is 1.39. The molecular formula is C9H15N. The van der Waals surface area contributed by atoms with Gasteiger partial charge in [0, 0.05) is 13.3 Å². The summed E-state index contributed by atoms with van der Waals surface area (Å²) in [4.78, 5) is 3.94. The van der Waals surface area contributed by atoms with Crippen molar-refractivity contribution in [2.75, 3.05) is 7.05 Å². The average Bonchev–Trinajstić information content (AvgIpc) is 1.99. The first-order valence-electron chi connectivity index (χ1n) is 3.48. The van der Waals surface area contributed by atoms with Gasteiger partial charge in [0.05, 0.1) is 0 Å². The first-order chi connectivity index (χ1) is 4.76. The van der Waals surface area contributed by atoms with Crippen molar-refractivity contribution in [3.8, 4) is 0 Å². The molecular weight excluding hydrogens is 122 g/mol. The van der Waals surface area contributed by atoms with Gasteiger partial charge in [0.25, 0.3) is 0 Å². The first-order valence-corrected chi connectivity index (χ1v) is 3.48. The molecule has 0 spiro atoms. The van der Waals surface area contributed by atoms with E-state index in [9.17, 15) is 0 Å². The van der Waals surface area contributed by atoms with E-state index in [4.69, 9.17) is 0 Å². The average molecular weight is 137 g/mol. The Morgan fingerprint density at radius 2 is 1.80 bits per heavy atom. The van der Waals surface area contributed by atoms with Crippen LogP contribution < -0.4 is 0 Å². The third-order valence-electron chi connectivity index (χ3n) is 1.47. The van der Waals surface area contributed by atoms with Crippen molar-refractivity contribution in [3.63, 3.8) is 0 Å². The van der Waals surface area contributed by atoms with Crippen molar-refractivity contribution >= 4 is 6.21 Å². The summed E-state index contributed by atoms with van der Waals surface area (Å²) >= 11 is 0. The third-order valence-corrected chi connectivity index (χ3v) is 1.47. The van der Waals surface area contributed by atoms with Gasteiger partial charge in [0.15, 0.2) is 0 Å². The topological polar surface area (TPSA) is 12.4 Å². The van der Waals surface area contributed by atoms with Gasteiger partial charge < -0.3 is 0 Å². The second-order valence-electron chi connectivity index (χ2n) is 2.10. The van der Waals surface area contributed by atoms with Crippen LogP contribution in [0.3, 0.4) is 0 Å². The van der Waals surface area contributed by atoms with Crippen LogP contribution in [0.4, 0.5) is 0 Å².